The molecule has 0 aromatic carbocycles. The summed E-state index contributed by atoms with van der Waals surface area (Å²) in [5.74, 6) is 1.96. The Morgan fingerprint density at radius 3 is 2.54 bits per heavy atom. The predicted octanol–water partition coefficient (Wildman–Crippen LogP) is 1.08. The number of sulfonamides is 1. The van der Waals surface area contributed by atoms with Crippen LogP contribution < -0.4 is 10.0 Å². The van der Waals surface area contributed by atoms with Gasteiger partial charge in [0.05, 0.1) is 10.9 Å². The zero-order valence-electron chi connectivity index (χ0n) is 14.1. The number of anilines is 1. The number of aryl methyl sites for hydroxylation is 3. The SMILES string of the molecule is Cc1cc(C)n(-c2cc(NCCNS(=O)(=O)C3CC3)nc(C)n2)n1. The van der Waals surface area contributed by atoms with Crippen molar-refractivity contribution in [3.63, 3.8) is 0 Å². The third-order valence-electron chi connectivity index (χ3n) is 3.75. The van der Waals surface area contributed by atoms with E-state index in [0.29, 0.717) is 30.5 Å². The lowest BCUT2D eigenvalue weighted by Crippen LogP contribution is -2.31. The van der Waals surface area contributed by atoms with Crippen LogP contribution in [0.3, 0.4) is 0 Å². The highest BCUT2D eigenvalue weighted by molar-refractivity contribution is 7.90. The smallest absolute Gasteiger partial charge is 0.214 e. The Morgan fingerprint density at radius 1 is 1.17 bits per heavy atom. The average Bonchev–Trinajstić information content (AvgIpc) is 3.29. The quantitative estimate of drug-likeness (QED) is 0.725. The molecule has 0 aliphatic heterocycles. The van der Waals surface area contributed by atoms with Gasteiger partial charge in [-0.1, -0.05) is 0 Å². The molecule has 0 bridgehead atoms. The highest BCUT2D eigenvalue weighted by Crippen LogP contribution is 2.27. The van der Waals surface area contributed by atoms with Gasteiger partial charge < -0.3 is 5.32 Å². The van der Waals surface area contributed by atoms with Gasteiger partial charge in [-0.3, -0.25) is 0 Å². The van der Waals surface area contributed by atoms with Crippen LogP contribution in [0.25, 0.3) is 5.82 Å². The largest absolute Gasteiger partial charge is 0.369 e. The molecule has 0 unspecified atom stereocenters. The van der Waals surface area contributed by atoms with Crippen LogP contribution in [-0.2, 0) is 10.0 Å². The summed E-state index contributed by atoms with van der Waals surface area (Å²) in [5.41, 5.74) is 1.92. The van der Waals surface area contributed by atoms with Gasteiger partial charge in [-0.05, 0) is 39.7 Å². The van der Waals surface area contributed by atoms with Crippen LogP contribution in [0.4, 0.5) is 5.82 Å². The first-order valence-electron chi connectivity index (χ1n) is 7.97. The third-order valence-corrected chi connectivity index (χ3v) is 5.70. The molecule has 24 heavy (non-hydrogen) atoms. The van der Waals surface area contributed by atoms with E-state index in [1.54, 1.807) is 4.68 Å². The molecular weight excluding hydrogens is 328 g/mol. The van der Waals surface area contributed by atoms with Crippen molar-refractivity contribution in [2.24, 2.45) is 0 Å². The van der Waals surface area contributed by atoms with Crippen LogP contribution in [0.1, 0.15) is 30.1 Å². The summed E-state index contributed by atoms with van der Waals surface area (Å²) >= 11 is 0. The van der Waals surface area contributed by atoms with Crippen molar-refractivity contribution in [2.45, 2.75) is 38.9 Å². The fourth-order valence-electron chi connectivity index (χ4n) is 2.49. The summed E-state index contributed by atoms with van der Waals surface area (Å²) in [6.45, 7) is 6.51. The lowest BCUT2D eigenvalue weighted by Gasteiger charge is -2.10. The Kier molecular flexibility index (Phi) is 4.55. The van der Waals surface area contributed by atoms with Crippen molar-refractivity contribution in [3.05, 3.63) is 29.3 Å². The molecule has 2 aromatic heterocycles. The van der Waals surface area contributed by atoms with Crippen molar-refractivity contribution >= 4 is 15.8 Å². The molecule has 1 fully saturated rings. The number of nitrogens with zero attached hydrogens (tertiary/aromatic N) is 4. The molecule has 0 spiro atoms. The van der Waals surface area contributed by atoms with Gasteiger partial charge >= 0.3 is 0 Å². The summed E-state index contributed by atoms with van der Waals surface area (Å²) in [5, 5.41) is 7.36. The molecule has 2 N–H and O–H groups in total. The van der Waals surface area contributed by atoms with E-state index < -0.39 is 10.0 Å². The molecule has 0 atom stereocenters. The molecule has 9 heteroatoms. The van der Waals surface area contributed by atoms with Crippen molar-refractivity contribution < 1.29 is 8.42 Å². The van der Waals surface area contributed by atoms with Crippen molar-refractivity contribution in [3.8, 4) is 5.82 Å². The van der Waals surface area contributed by atoms with Gasteiger partial charge in [-0.15, -0.1) is 0 Å². The van der Waals surface area contributed by atoms with Gasteiger partial charge in [0, 0.05) is 24.8 Å². The van der Waals surface area contributed by atoms with E-state index in [1.807, 2.05) is 32.9 Å². The van der Waals surface area contributed by atoms with Crippen LogP contribution in [0.5, 0.6) is 0 Å². The first kappa shape index (κ1) is 16.8. The van der Waals surface area contributed by atoms with Gasteiger partial charge in [0.15, 0.2) is 5.82 Å². The average molecular weight is 350 g/mol. The maximum absolute atomic E-state index is 11.8. The predicted molar refractivity (Wildman–Crippen MR) is 91.8 cm³/mol. The fourth-order valence-corrected chi connectivity index (χ4v) is 3.87. The Morgan fingerprint density at radius 2 is 1.92 bits per heavy atom. The minimum atomic E-state index is -3.14. The summed E-state index contributed by atoms with van der Waals surface area (Å²) in [7, 11) is -3.14. The van der Waals surface area contributed by atoms with Gasteiger partial charge in [0.2, 0.25) is 10.0 Å². The second-order valence-electron chi connectivity index (χ2n) is 6.06. The van der Waals surface area contributed by atoms with Crippen LogP contribution in [0, 0.1) is 20.8 Å². The van der Waals surface area contributed by atoms with E-state index in [0.717, 1.165) is 24.2 Å². The zero-order valence-corrected chi connectivity index (χ0v) is 14.9. The second kappa shape index (κ2) is 6.48. The minimum Gasteiger partial charge on any atom is -0.369 e. The van der Waals surface area contributed by atoms with Gasteiger partial charge in [0.25, 0.3) is 0 Å². The highest BCUT2D eigenvalue weighted by atomic mass is 32.2. The topological polar surface area (TPSA) is 102 Å². The second-order valence-corrected chi connectivity index (χ2v) is 8.11. The molecular formula is C15H22N6O2S. The summed E-state index contributed by atoms with van der Waals surface area (Å²) in [4.78, 5) is 8.75. The van der Waals surface area contributed by atoms with Crippen LogP contribution >= 0.6 is 0 Å². The highest BCUT2D eigenvalue weighted by Gasteiger charge is 2.35. The molecule has 1 aliphatic rings. The van der Waals surface area contributed by atoms with Crippen LogP contribution in [0.15, 0.2) is 12.1 Å². The molecule has 2 aromatic rings. The van der Waals surface area contributed by atoms with Gasteiger partial charge in [-0.2, -0.15) is 5.10 Å². The van der Waals surface area contributed by atoms with E-state index in [-0.39, 0.29) is 5.25 Å². The minimum absolute atomic E-state index is 0.198. The van der Waals surface area contributed by atoms with Crippen LogP contribution in [0.2, 0.25) is 0 Å². The van der Waals surface area contributed by atoms with E-state index in [1.165, 1.54) is 0 Å². The molecule has 1 aliphatic carbocycles. The van der Waals surface area contributed by atoms with Crippen molar-refractivity contribution in [2.75, 3.05) is 18.4 Å². The Labute approximate surface area is 141 Å². The van der Waals surface area contributed by atoms with E-state index in [4.69, 9.17) is 0 Å². The first-order chi connectivity index (χ1) is 11.3. The Bertz CT molecular complexity index is 842. The summed E-state index contributed by atoms with van der Waals surface area (Å²) in [6.07, 6.45) is 1.53. The number of rotatable bonds is 7. The third kappa shape index (κ3) is 3.90. The molecule has 0 amide bonds. The maximum atomic E-state index is 11.8. The lowest BCUT2D eigenvalue weighted by atomic mass is 10.4. The Hall–Kier alpha value is -2.00. The maximum Gasteiger partial charge on any atom is 0.214 e. The summed E-state index contributed by atoms with van der Waals surface area (Å²) in [6, 6.07) is 3.79. The van der Waals surface area contributed by atoms with E-state index in [2.05, 4.69) is 25.1 Å². The Balaban J connectivity index is 1.65. The fraction of sp³-hybridized carbons (Fsp3) is 0.533. The molecule has 130 valence electrons. The number of aromatic nitrogens is 4. The summed E-state index contributed by atoms with van der Waals surface area (Å²) < 4.78 is 27.9. The lowest BCUT2D eigenvalue weighted by molar-refractivity contribution is 0.581. The molecule has 8 nitrogen and oxygen atoms in total. The van der Waals surface area contributed by atoms with Crippen molar-refractivity contribution in [1.29, 1.82) is 0 Å². The van der Waals surface area contributed by atoms with Gasteiger partial charge in [-0.25, -0.2) is 27.8 Å². The van der Waals surface area contributed by atoms with Gasteiger partial charge in [0.1, 0.15) is 11.6 Å². The molecule has 3 rings (SSSR count). The van der Waals surface area contributed by atoms with E-state index in [9.17, 15) is 8.42 Å². The molecule has 2 heterocycles. The standard InChI is InChI=1S/C15H22N6O2S/c1-10-8-11(2)21(20-10)15-9-14(18-12(3)19-15)16-6-7-17-24(22,23)13-4-5-13/h8-9,13,17H,4-7H2,1-3H3,(H,16,18,19). The molecule has 0 radical (unpaired) electrons. The van der Waals surface area contributed by atoms with Crippen molar-refractivity contribution in [1.82, 2.24) is 24.5 Å². The zero-order chi connectivity index (χ0) is 17.3. The number of nitrogens with one attached hydrogen (secondary N) is 2. The monoisotopic (exact) mass is 350 g/mol. The van der Waals surface area contributed by atoms with E-state index >= 15 is 0 Å². The first-order valence-corrected chi connectivity index (χ1v) is 9.51. The normalized spacial score (nSPS) is 14.8. The molecule has 0 saturated heterocycles. The molecule has 1 saturated carbocycles. The number of hydrogen-bond donors (Lipinski definition) is 2. The number of hydrogen-bond acceptors (Lipinski definition) is 6. The van der Waals surface area contributed by atoms with Crippen LogP contribution in [-0.4, -0.2) is 46.5 Å².